The largest absolute Gasteiger partial charge is 0.374 e. The number of thiol groups is 1. The van der Waals surface area contributed by atoms with Gasteiger partial charge in [-0.05, 0) is 18.2 Å². The average Bonchev–Trinajstić information content (AvgIpc) is 3.62. The molecule has 40 heavy (non-hydrogen) atoms. The van der Waals surface area contributed by atoms with Gasteiger partial charge in [-0.3, -0.25) is 4.79 Å². The maximum Gasteiger partial charge on any atom is 0.242 e. The van der Waals surface area contributed by atoms with Crippen LogP contribution >= 0.6 is 35.5 Å². The quantitative estimate of drug-likeness (QED) is 0.0916. The number of nitrogen functional groups attached to an aromatic ring is 1. The Bertz CT molecular complexity index is 1760. The number of para-hydroxylation sites is 1. The number of hydrogen-bond donors (Lipinski definition) is 2. The molecule has 7 nitrogen and oxygen atoms in total. The fourth-order valence-electron chi connectivity index (χ4n) is 4.49. The minimum Gasteiger partial charge on any atom is -0.374 e. The van der Waals surface area contributed by atoms with Crippen molar-refractivity contribution in [2.75, 3.05) is 5.73 Å². The van der Waals surface area contributed by atoms with Gasteiger partial charge < -0.3 is 10.6 Å². The van der Waals surface area contributed by atoms with Crippen LogP contribution in [-0.2, 0) is 15.2 Å². The first-order valence-corrected chi connectivity index (χ1v) is 14.2. The van der Waals surface area contributed by atoms with Crippen molar-refractivity contribution in [1.82, 2.24) is 14.3 Å². The first kappa shape index (κ1) is 25.9. The summed E-state index contributed by atoms with van der Waals surface area (Å²) in [6, 6.07) is 35.6. The van der Waals surface area contributed by atoms with Gasteiger partial charge in [-0.2, -0.15) is 9.36 Å². The molecule has 0 spiro atoms. The highest BCUT2D eigenvalue weighted by molar-refractivity contribution is 7.99. The predicted molar refractivity (Wildman–Crippen MR) is 164 cm³/mol. The lowest BCUT2D eigenvalue weighted by Crippen LogP contribution is -2.32. The zero-order valence-corrected chi connectivity index (χ0v) is 23.4. The monoisotopic (exact) mass is 579 g/mol. The molecule has 0 saturated heterocycles. The number of hydrogen-bond acceptors (Lipinski definition) is 9. The Hall–Kier alpha value is -4.38. The third-order valence-electron chi connectivity index (χ3n) is 6.30. The Labute approximate surface area is 243 Å². The summed E-state index contributed by atoms with van der Waals surface area (Å²) in [6.07, 6.45) is 0. The Kier molecular flexibility index (Phi) is 7.12. The third kappa shape index (κ3) is 4.88. The molecule has 0 atom stereocenters. The van der Waals surface area contributed by atoms with E-state index >= 15 is 0 Å². The molecule has 196 valence electrons. The van der Waals surface area contributed by atoms with E-state index in [2.05, 4.69) is 39.3 Å². The van der Waals surface area contributed by atoms with Crippen molar-refractivity contribution in [1.29, 1.82) is 0 Å². The molecule has 0 fully saturated rings. The standard InChI is InChI=1S/C30H21N5O2S3/c31-29-33-26(35-40-29)25(28(36)38)34-37-30(20-11-3-1-4-12-20,21-13-5-2-6-14-21)22-15-9-10-19(18-22)27-32-23-16-7-8-17-24(23)39-27/h1-18H,(H,36,38)(H2,31,33,35). The average molecular weight is 580 g/mol. The molecule has 6 rings (SSSR count). The highest BCUT2D eigenvalue weighted by Crippen LogP contribution is 2.42. The van der Waals surface area contributed by atoms with Crippen molar-refractivity contribution in [2.45, 2.75) is 5.60 Å². The summed E-state index contributed by atoms with van der Waals surface area (Å²) in [6.45, 7) is 0. The van der Waals surface area contributed by atoms with Gasteiger partial charge in [-0.1, -0.05) is 109 Å². The van der Waals surface area contributed by atoms with E-state index in [1.54, 1.807) is 11.3 Å². The fourth-order valence-corrected chi connectivity index (χ4v) is 6.03. The smallest absolute Gasteiger partial charge is 0.242 e. The van der Waals surface area contributed by atoms with Crippen LogP contribution in [0.15, 0.2) is 114 Å². The van der Waals surface area contributed by atoms with Crippen LogP contribution in [0.5, 0.6) is 0 Å². The highest BCUT2D eigenvalue weighted by atomic mass is 32.1. The number of oxime groups is 1. The molecule has 2 N–H and O–H groups in total. The second kappa shape index (κ2) is 11.0. The van der Waals surface area contributed by atoms with Crippen LogP contribution in [-0.4, -0.2) is 25.2 Å². The molecule has 0 aliphatic heterocycles. The molecule has 0 bridgehead atoms. The highest BCUT2D eigenvalue weighted by Gasteiger charge is 2.40. The van der Waals surface area contributed by atoms with Crippen molar-refractivity contribution in [3.63, 3.8) is 0 Å². The van der Waals surface area contributed by atoms with Crippen LogP contribution < -0.4 is 5.73 Å². The van der Waals surface area contributed by atoms with E-state index in [0.29, 0.717) is 0 Å². The van der Waals surface area contributed by atoms with Crippen LogP contribution in [0.25, 0.3) is 20.8 Å². The molecule has 6 aromatic rings. The normalized spacial score (nSPS) is 12.0. The lowest BCUT2D eigenvalue weighted by molar-refractivity contribution is -0.105. The van der Waals surface area contributed by atoms with Crippen LogP contribution in [0.3, 0.4) is 0 Å². The summed E-state index contributed by atoms with van der Waals surface area (Å²) in [5, 5.41) is 4.80. The van der Waals surface area contributed by atoms with E-state index in [9.17, 15) is 4.79 Å². The number of nitrogens with zero attached hydrogens (tertiary/aromatic N) is 4. The van der Waals surface area contributed by atoms with Crippen molar-refractivity contribution in [3.05, 3.63) is 132 Å². The molecule has 0 unspecified atom stereocenters. The molecule has 0 saturated carbocycles. The number of benzene rings is 4. The van der Waals surface area contributed by atoms with Crippen LogP contribution in [0.1, 0.15) is 22.5 Å². The Morgan fingerprint density at radius 3 is 2.10 bits per heavy atom. The summed E-state index contributed by atoms with van der Waals surface area (Å²) in [7, 11) is 0. The number of nitrogens with two attached hydrogens (primary N) is 1. The number of thiazole rings is 1. The number of carbonyl (C=O) groups excluding carboxylic acids is 1. The van der Waals surface area contributed by atoms with Crippen LogP contribution in [0.2, 0.25) is 0 Å². The van der Waals surface area contributed by atoms with Gasteiger partial charge in [-0.25, -0.2) is 4.98 Å². The maximum absolute atomic E-state index is 12.5. The van der Waals surface area contributed by atoms with Gasteiger partial charge >= 0.3 is 0 Å². The van der Waals surface area contributed by atoms with Gasteiger partial charge in [0.15, 0.2) is 5.13 Å². The number of carbonyl (C=O) groups is 1. The van der Waals surface area contributed by atoms with E-state index < -0.39 is 10.7 Å². The number of aromatic nitrogens is 3. The van der Waals surface area contributed by atoms with Crippen LogP contribution in [0.4, 0.5) is 5.13 Å². The topological polar surface area (TPSA) is 103 Å². The minimum absolute atomic E-state index is 0.0562. The van der Waals surface area contributed by atoms with E-state index in [1.165, 1.54) is 0 Å². The maximum atomic E-state index is 12.5. The molecule has 0 aliphatic rings. The molecule has 0 amide bonds. The second-order valence-electron chi connectivity index (χ2n) is 8.77. The molecule has 4 aromatic carbocycles. The summed E-state index contributed by atoms with van der Waals surface area (Å²) in [4.78, 5) is 28.0. The second-order valence-corrected chi connectivity index (χ2v) is 11.0. The summed E-state index contributed by atoms with van der Waals surface area (Å²) in [5.41, 5.74) is 8.68. The van der Waals surface area contributed by atoms with Crippen LogP contribution in [0, 0.1) is 0 Å². The molecule has 2 aromatic heterocycles. The summed E-state index contributed by atoms with van der Waals surface area (Å²) in [5.74, 6) is 0.0562. The van der Waals surface area contributed by atoms with Crippen molar-refractivity contribution in [2.24, 2.45) is 5.16 Å². The van der Waals surface area contributed by atoms with E-state index in [0.717, 1.165) is 49.0 Å². The molecular weight excluding hydrogens is 559 g/mol. The van der Waals surface area contributed by atoms with Gasteiger partial charge in [0.2, 0.25) is 22.3 Å². The number of rotatable bonds is 8. The lowest BCUT2D eigenvalue weighted by atomic mass is 9.80. The Balaban J connectivity index is 1.58. The number of fused-ring (bicyclic) bond motifs is 1. The molecule has 10 heteroatoms. The lowest BCUT2D eigenvalue weighted by Gasteiger charge is -2.33. The molecular formula is C30H21N5O2S3. The zero-order valence-electron chi connectivity index (χ0n) is 20.8. The summed E-state index contributed by atoms with van der Waals surface area (Å²) < 4.78 is 5.25. The van der Waals surface area contributed by atoms with Crippen molar-refractivity contribution < 1.29 is 9.63 Å². The SMILES string of the molecule is Nc1nc(C(=NOC(c2ccccc2)(c2ccccc2)c2cccc(-c3nc4ccccc4s3)c2)C(=O)S)ns1. The van der Waals surface area contributed by atoms with Crippen molar-refractivity contribution >= 4 is 61.7 Å². The Morgan fingerprint density at radius 1 is 0.825 bits per heavy atom. The van der Waals surface area contributed by atoms with Gasteiger partial charge in [0.25, 0.3) is 0 Å². The fraction of sp³-hybridized carbons (Fsp3) is 0.0333. The molecule has 2 heterocycles. The van der Waals surface area contributed by atoms with E-state index in [1.807, 2.05) is 97.1 Å². The van der Waals surface area contributed by atoms with Gasteiger partial charge in [0.05, 0.1) is 10.2 Å². The zero-order chi connectivity index (χ0) is 27.5. The van der Waals surface area contributed by atoms with Crippen molar-refractivity contribution in [3.8, 4) is 10.6 Å². The van der Waals surface area contributed by atoms with Gasteiger partial charge in [-0.15, -0.1) is 11.3 Å². The minimum atomic E-state index is -1.24. The molecule has 0 radical (unpaired) electrons. The third-order valence-corrected chi connectivity index (χ3v) is 8.14. The van der Waals surface area contributed by atoms with E-state index in [4.69, 9.17) is 15.6 Å². The van der Waals surface area contributed by atoms with E-state index in [-0.39, 0.29) is 16.7 Å². The Morgan fingerprint density at radius 2 is 1.48 bits per heavy atom. The first-order chi connectivity index (χ1) is 19.5. The molecule has 0 aliphatic carbocycles. The summed E-state index contributed by atoms with van der Waals surface area (Å²) >= 11 is 6.61. The van der Waals surface area contributed by atoms with Gasteiger partial charge in [0, 0.05) is 33.8 Å². The first-order valence-electron chi connectivity index (χ1n) is 12.2. The number of anilines is 1. The van der Waals surface area contributed by atoms with Gasteiger partial charge in [0.1, 0.15) is 5.01 Å². The predicted octanol–water partition coefficient (Wildman–Crippen LogP) is 6.57.